The summed E-state index contributed by atoms with van der Waals surface area (Å²) in [5.74, 6) is -0.526. The lowest BCUT2D eigenvalue weighted by Gasteiger charge is -2.29. The summed E-state index contributed by atoms with van der Waals surface area (Å²) in [6.07, 6.45) is 0. The fourth-order valence-electron chi connectivity index (χ4n) is 4.34. The fourth-order valence-corrected chi connectivity index (χ4v) is 4.34. The van der Waals surface area contributed by atoms with E-state index in [0.717, 1.165) is 35.6 Å². The number of halogens is 1. The monoisotopic (exact) mass is 421 g/mol. The largest absolute Gasteiger partial charge is 0.378 e. The van der Waals surface area contributed by atoms with Crippen LogP contribution in [0.4, 0.5) is 15.8 Å². The van der Waals surface area contributed by atoms with Crippen molar-refractivity contribution in [2.45, 2.75) is 27.3 Å². The molecule has 4 rings (SSSR count). The smallest absolute Gasteiger partial charge is 0.272 e. The van der Waals surface area contributed by atoms with Crippen LogP contribution in [0.3, 0.4) is 0 Å². The van der Waals surface area contributed by atoms with Crippen LogP contribution in [0.2, 0.25) is 0 Å². The molecule has 31 heavy (non-hydrogen) atoms. The van der Waals surface area contributed by atoms with Gasteiger partial charge in [-0.05, 0) is 50.6 Å². The number of carbonyl (C=O) groups excluding carboxylic acids is 1. The quantitative estimate of drug-likeness (QED) is 0.650. The van der Waals surface area contributed by atoms with Crippen LogP contribution in [0.5, 0.6) is 0 Å². The van der Waals surface area contributed by atoms with E-state index in [4.69, 9.17) is 4.74 Å². The van der Waals surface area contributed by atoms with Gasteiger partial charge in [-0.15, -0.1) is 0 Å². The first-order chi connectivity index (χ1) is 14.9. The Bertz CT molecular complexity index is 1080. The zero-order valence-electron chi connectivity index (χ0n) is 18.2. The number of aromatic nitrogens is 1. The molecule has 2 heterocycles. The Labute approximate surface area is 182 Å². The molecule has 1 aromatic heterocycles. The normalized spacial score (nSPS) is 14.0. The molecule has 2 aromatic carbocycles. The molecule has 162 valence electrons. The van der Waals surface area contributed by atoms with E-state index >= 15 is 0 Å². The molecule has 0 aliphatic carbocycles. The second kappa shape index (κ2) is 8.94. The number of aryl methyl sites for hydroxylation is 1. The van der Waals surface area contributed by atoms with Crippen molar-refractivity contribution in [2.75, 3.05) is 36.5 Å². The molecule has 5 nitrogen and oxygen atoms in total. The summed E-state index contributed by atoms with van der Waals surface area (Å²) < 4.78 is 20.9. The van der Waals surface area contributed by atoms with Crippen LogP contribution < -0.4 is 10.2 Å². The Kier molecular flexibility index (Phi) is 6.09. The van der Waals surface area contributed by atoms with Crippen molar-refractivity contribution in [2.24, 2.45) is 0 Å². The maximum atomic E-state index is 13.4. The zero-order chi connectivity index (χ0) is 22.0. The molecule has 1 amide bonds. The summed E-state index contributed by atoms with van der Waals surface area (Å²) in [6.45, 7) is 9.71. The molecule has 0 atom stereocenters. The van der Waals surface area contributed by atoms with Gasteiger partial charge in [0.2, 0.25) is 0 Å². The number of ether oxygens (including phenoxy) is 1. The highest BCUT2D eigenvalue weighted by Gasteiger charge is 2.27. The average molecular weight is 422 g/mol. The van der Waals surface area contributed by atoms with E-state index in [2.05, 4.69) is 46.8 Å². The minimum absolute atomic E-state index is 0.195. The van der Waals surface area contributed by atoms with Crippen LogP contribution in [0, 0.1) is 26.6 Å². The Morgan fingerprint density at radius 1 is 1.06 bits per heavy atom. The molecule has 0 bridgehead atoms. The van der Waals surface area contributed by atoms with Gasteiger partial charge in [0.1, 0.15) is 11.5 Å². The summed E-state index contributed by atoms with van der Waals surface area (Å²) in [6, 6.07) is 14.2. The molecule has 0 unspecified atom stereocenters. The molecule has 1 N–H and O–H groups in total. The van der Waals surface area contributed by atoms with Crippen molar-refractivity contribution < 1.29 is 13.9 Å². The molecular formula is C25H28FN3O2. The SMILES string of the molecule is Cc1cccc(Cn2c(C)c(N3CCOCC3)c(C)c2C(=O)Nc2ccc(F)cc2)c1. The van der Waals surface area contributed by atoms with Crippen LogP contribution in [0.1, 0.15) is 32.9 Å². The van der Waals surface area contributed by atoms with E-state index in [1.807, 2.05) is 13.0 Å². The van der Waals surface area contributed by atoms with Crippen LogP contribution in [-0.4, -0.2) is 36.8 Å². The van der Waals surface area contributed by atoms with Gasteiger partial charge < -0.3 is 19.5 Å². The van der Waals surface area contributed by atoms with Crippen LogP contribution >= 0.6 is 0 Å². The maximum Gasteiger partial charge on any atom is 0.272 e. The van der Waals surface area contributed by atoms with Crippen LogP contribution in [-0.2, 0) is 11.3 Å². The standard InChI is InChI=1S/C25H28FN3O2/c1-17-5-4-6-20(15-17)16-29-19(3)23(28-11-13-31-14-12-28)18(2)24(29)25(30)27-22-9-7-21(26)8-10-22/h4-10,15H,11-14,16H2,1-3H3,(H,27,30). The second-order valence-electron chi connectivity index (χ2n) is 8.04. The van der Waals surface area contributed by atoms with Gasteiger partial charge in [-0.1, -0.05) is 29.8 Å². The highest BCUT2D eigenvalue weighted by molar-refractivity contribution is 6.05. The van der Waals surface area contributed by atoms with Crippen molar-refractivity contribution in [3.05, 3.63) is 82.4 Å². The first-order valence-corrected chi connectivity index (χ1v) is 10.6. The van der Waals surface area contributed by atoms with Gasteiger partial charge in [0.15, 0.2) is 0 Å². The van der Waals surface area contributed by atoms with Gasteiger partial charge in [-0.3, -0.25) is 4.79 Å². The van der Waals surface area contributed by atoms with Crippen molar-refractivity contribution in [1.29, 1.82) is 0 Å². The summed E-state index contributed by atoms with van der Waals surface area (Å²) in [5.41, 5.74) is 6.63. The molecule has 6 heteroatoms. The van der Waals surface area contributed by atoms with Gasteiger partial charge >= 0.3 is 0 Å². The number of nitrogens with zero attached hydrogens (tertiary/aromatic N) is 2. The zero-order valence-corrected chi connectivity index (χ0v) is 18.2. The van der Waals surface area contributed by atoms with Gasteiger partial charge in [0, 0.05) is 36.6 Å². The lowest BCUT2D eigenvalue weighted by molar-refractivity contribution is 0.101. The summed E-state index contributed by atoms with van der Waals surface area (Å²) in [4.78, 5) is 15.7. The molecular weight excluding hydrogens is 393 g/mol. The number of anilines is 2. The minimum atomic E-state index is -0.331. The maximum absolute atomic E-state index is 13.4. The van der Waals surface area contributed by atoms with Crippen molar-refractivity contribution >= 4 is 17.3 Å². The molecule has 1 fully saturated rings. The lowest BCUT2D eigenvalue weighted by Crippen LogP contribution is -2.36. The highest BCUT2D eigenvalue weighted by atomic mass is 19.1. The molecule has 0 radical (unpaired) electrons. The van der Waals surface area contributed by atoms with Gasteiger partial charge in [-0.25, -0.2) is 4.39 Å². The Morgan fingerprint density at radius 2 is 1.77 bits per heavy atom. The average Bonchev–Trinajstić information content (AvgIpc) is 3.00. The second-order valence-corrected chi connectivity index (χ2v) is 8.04. The molecule has 1 aliphatic heterocycles. The number of amides is 1. The first kappa shape index (κ1) is 21.1. The van der Waals surface area contributed by atoms with E-state index in [-0.39, 0.29) is 11.7 Å². The number of rotatable bonds is 5. The predicted molar refractivity (Wildman–Crippen MR) is 122 cm³/mol. The van der Waals surface area contributed by atoms with E-state index < -0.39 is 0 Å². The van der Waals surface area contributed by atoms with Crippen molar-refractivity contribution in [3.63, 3.8) is 0 Å². The molecule has 0 spiro atoms. The Hall–Kier alpha value is -3.12. The number of carbonyl (C=O) groups is 1. The number of hydrogen-bond acceptors (Lipinski definition) is 3. The third-order valence-corrected chi connectivity index (χ3v) is 5.80. The third kappa shape index (κ3) is 4.49. The fraction of sp³-hybridized carbons (Fsp3) is 0.320. The Balaban J connectivity index is 1.75. The van der Waals surface area contributed by atoms with Gasteiger partial charge in [0.25, 0.3) is 5.91 Å². The number of nitrogens with one attached hydrogen (secondary N) is 1. The summed E-state index contributed by atoms with van der Waals surface area (Å²) in [5, 5.41) is 2.94. The third-order valence-electron chi connectivity index (χ3n) is 5.80. The highest BCUT2D eigenvalue weighted by Crippen LogP contribution is 2.33. The molecule has 3 aromatic rings. The minimum Gasteiger partial charge on any atom is -0.378 e. The van der Waals surface area contributed by atoms with Gasteiger partial charge in [0.05, 0.1) is 18.9 Å². The van der Waals surface area contributed by atoms with Gasteiger partial charge in [-0.2, -0.15) is 0 Å². The first-order valence-electron chi connectivity index (χ1n) is 10.6. The van der Waals surface area contributed by atoms with Crippen LogP contribution in [0.15, 0.2) is 48.5 Å². The number of morpholine rings is 1. The van der Waals surface area contributed by atoms with E-state index in [1.54, 1.807) is 12.1 Å². The van der Waals surface area contributed by atoms with Crippen molar-refractivity contribution in [3.8, 4) is 0 Å². The van der Waals surface area contributed by atoms with Crippen LogP contribution in [0.25, 0.3) is 0 Å². The molecule has 1 saturated heterocycles. The summed E-state index contributed by atoms with van der Waals surface area (Å²) in [7, 11) is 0. The van der Waals surface area contributed by atoms with E-state index in [0.29, 0.717) is 31.1 Å². The summed E-state index contributed by atoms with van der Waals surface area (Å²) >= 11 is 0. The Morgan fingerprint density at radius 3 is 2.45 bits per heavy atom. The molecule has 1 aliphatic rings. The van der Waals surface area contributed by atoms with E-state index in [1.165, 1.54) is 17.7 Å². The number of benzene rings is 2. The lowest BCUT2D eigenvalue weighted by atomic mass is 10.1. The van der Waals surface area contributed by atoms with E-state index in [9.17, 15) is 9.18 Å². The number of hydrogen-bond donors (Lipinski definition) is 1. The molecule has 0 saturated carbocycles. The van der Waals surface area contributed by atoms with Crippen molar-refractivity contribution in [1.82, 2.24) is 4.57 Å². The topological polar surface area (TPSA) is 46.5 Å². The predicted octanol–water partition coefficient (Wildman–Crippen LogP) is 4.69.